The smallest absolute Gasteiger partial charge is 0.154 e. The monoisotopic (exact) mass is 218 g/mol. The number of thioether (sulfide) groups is 1. The zero-order valence-corrected chi connectivity index (χ0v) is 9.11. The van der Waals surface area contributed by atoms with Gasteiger partial charge in [-0.25, -0.2) is 0 Å². The molecule has 72 valence electrons. The first-order chi connectivity index (χ1) is 6.16. The number of hydrogen-bond donors (Lipinski definition) is 1. The van der Waals surface area contributed by atoms with Crippen LogP contribution in [0.2, 0.25) is 5.15 Å². The molecule has 0 aliphatic carbocycles. The molecule has 0 unspecified atom stereocenters. The molecule has 0 bridgehead atoms. The Morgan fingerprint density at radius 1 is 1.31 bits per heavy atom. The Morgan fingerprint density at radius 2 is 2.00 bits per heavy atom. The first kappa shape index (κ1) is 10.8. The van der Waals surface area contributed by atoms with E-state index in [0.717, 1.165) is 16.2 Å². The molecule has 0 radical (unpaired) electrons. The van der Waals surface area contributed by atoms with Crippen LogP contribution in [0, 0.1) is 13.8 Å². The molecule has 0 aliphatic heterocycles. The zero-order chi connectivity index (χ0) is 9.84. The third-order valence-corrected chi connectivity index (χ3v) is 3.16. The van der Waals surface area contributed by atoms with Gasteiger partial charge < -0.3 is 5.11 Å². The standard InChI is InChI=1S/C8H11ClN2OS/c1-5-6(2)8(13-4-3-12)11-10-7(5)9/h12H,3-4H2,1-2H3. The molecule has 0 spiro atoms. The van der Waals surface area contributed by atoms with Crippen molar-refractivity contribution in [2.24, 2.45) is 0 Å². The van der Waals surface area contributed by atoms with E-state index in [9.17, 15) is 0 Å². The van der Waals surface area contributed by atoms with Gasteiger partial charge in [0, 0.05) is 5.75 Å². The Kier molecular flexibility index (Phi) is 3.96. The van der Waals surface area contributed by atoms with Gasteiger partial charge in [-0.05, 0) is 25.0 Å². The molecule has 0 fully saturated rings. The predicted molar refractivity (Wildman–Crippen MR) is 54.3 cm³/mol. The number of aliphatic hydroxyl groups is 1. The summed E-state index contributed by atoms with van der Waals surface area (Å²) >= 11 is 7.28. The lowest BCUT2D eigenvalue weighted by Crippen LogP contribution is -1.97. The lowest BCUT2D eigenvalue weighted by atomic mass is 10.2. The van der Waals surface area contributed by atoms with Crippen molar-refractivity contribution >= 4 is 23.4 Å². The zero-order valence-electron chi connectivity index (χ0n) is 7.54. The van der Waals surface area contributed by atoms with E-state index in [2.05, 4.69) is 10.2 Å². The quantitative estimate of drug-likeness (QED) is 0.787. The number of rotatable bonds is 3. The third kappa shape index (κ3) is 2.56. The van der Waals surface area contributed by atoms with Crippen LogP contribution in [-0.2, 0) is 0 Å². The summed E-state index contributed by atoms with van der Waals surface area (Å²) in [6.45, 7) is 4.01. The Labute approximate surface area is 86.5 Å². The van der Waals surface area contributed by atoms with Crippen LogP contribution in [0.15, 0.2) is 5.03 Å². The van der Waals surface area contributed by atoms with Crippen molar-refractivity contribution in [3.05, 3.63) is 16.3 Å². The van der Waals surface area contributed by atoms with Gasteiger partial charge in [0.1, 0.15) is 5.03 Å². The normalized spacial score (nSPS) is 10.5. The van der Waals surface area contributed by atoms with Crippen molar-refractivity contribution in [1.82, 2.24) is 10.2 Å². The number of halogens is 1. The molecule has 0 aromatic carbocycles. The third-order valence-electron chi connectivity index (χ3n) is 1.75. The highest BCUT2D eigenvalue weighted by Gasteiger charge is 2.07. The van der Waals surface area contributed by atoms with E-state index in [1.165, 1.54) is 11.8 Å². The number of aromatic nitrogens is 2. The molecule has 0 aliphatic rings. The van der Waals surface area contributed by atoms with Crippen LogP contribution < -0.4 is 0 Å². The summed E-state index contributed by atoms with van der Waals surface area (Å²) in [6.07, 6.45) is 0. The van der Waals surface area contributed by atoms with Crippen LogP contribution in [0.25, 0.3) is 0 Å². The van der Waals surface area contributed by atoms with E-state index in [1.807, 2.05) is 13.8 Å². The molecule has 1 heterocycles. The lowest BCUT2D eigenvalue weighted by molar-refractivity contribution is 0.322. The molecule has 1 aromatic heterocycles. The minimum atomic E-state index is 0.146. The summed E-state index contributed by atoms with van der Waals surface area (Å²) in [5, 5.41) is 17.7. The maximum absolute atomic E-state index is 8.65. The van der Waals surface area contributed by atoms with Crippen molar-refractivity contribution in [1.29, 1.82) is 0 Å². The van der Waals surface area contributed by atoms with Gasteiger partial charge in [-0.1, -0.05) is 11.6 Å². The molecule has 1 N–H and O–H groups in total. The molecule has 0 amide bonds. The van der Waals surface area contributed by atoms with Crippen molar-refractivity contribution < 1.29 is 5.11 Å². The molecule has 0 saturated carbocycles. The van der Waals surface area contributed by atoms with E-state index >= 15 is 0 Å². The summed E-state index contributed by atoms with van der Waals surface area (Å²) in [4.78, 5) is 0. The number of nitrogens with zero attached hydrogens (tertiary/aromatic N) is 2. The number of hydrogen-bond acceptors (Lipinski definition) is 4. The van der Waals surface area contributed by atoms with Gasteiger partial charge in [0.25, 0.3) is 0 Å². The Bertz CT molecular complexity index is 306. The van der Waals surface area contributed by atoms with Crippen LogP contribution in [0.1, 0.15) is 11.1 Å². The van der Waals surface area contributed by atoms with E-state index in [0.29, 0.717) is 10.9 Å². The fourth-order valence-electron chi connectivity index (χ4n) is 0.834. The Balaban J connectivity index is 2.90. The molecule has 1 rings (SSSR count). The summed E-state index contributed by atoms with van der Waals surface area (Å²) in [7, 11) is 0. The predicted octanol–water partition coefficient (Wildman–Crippen LogP) is 1.83. The van der Waals surface area contributed by atoms with E-state index in [4.69, 9.17) is 16.7 Å². The topological polar surface area (TPSA) is 46.0 Å². The van der Waals surface area contributed by atoms with Gasteiger partial charge in [-0.3, -0.25) is 0 Å². The average Bonchev–Trinajstić information content (AvgIpc) is 2.13. The van der Waals surface area contributed by atoms with Gasteiger partial charge in [0.15, 0.2) is 5.15 Å². The first-order valence-corrected chi connectivity index (χ1v) is 5.26. The van der Waals surface area contributed by atoms with Gasteiger partial charge in [0.2, 0.25) is 0 Å². The number of aliphatic hydroxyl groups excluding tert-OH is 1. The maximum atomic E-state index is 8.65. The van der Waals surface area contributed by atoms with Crippen molar-refractivity contribution in [2.75, 3.05) is 12.4 Å². The van der Waals surface area contributed by atoms with E-state index in [-0.39, 0.29) is 6.61 Å². The summed E-state index contributed by atoms with van der Waals surface area (Å²) in [5.41, 5.74) is 2.00. The SMILES string of the molecule is Cc1c(Cl)nnc(SCCO)c1C. The average molecular weight is 219 g/mol. The van der Waals surface area contributed by atoms with Crippen LogP contribution in [-0.4, -0.2) is 27.7 Å². The van der Waals surface area contributed by atoms with Gasteiger partial charge in [-0.15, -0.1) is 22.0 Å². The van der Waals surface area contributed by atoms with Crippen LogP contribution >= 0.6 is 23.4 Å². The van der Waals surface area contributed by atoms with Gasteiger partial charge in [-0.2, -0.15) is 0 Å². The summed E-state index contributed by atoms with van der Waals surface area (Å²) in [6, 6.07) is 0. The van der Waals surface area contributed by atoms with E-state index in [1.54, 1.807) is 0 Å². The van der Waals surface area contributed by atoms with Crippen LogP contribution in [0.3, 0.4) is 0 Å². The molecule has 3 nitrogen and oxygen atoms in total. The van der Waals surface area contributed by atoms with Crippen LogP contribution in [0.5, 0.6) is 0 Å². The molecule has 0 atom stereocenters. The highest BCUT2D eigenvalue weighted by atomic mass is 35.5. The molecule has 5 heteroatoms. The second-order valence-corrected chi connectivity index (χ2v) is 4.06. The fraction of sp³-hybridized carbons (Fsp3) is 0.500. The Morgan fingerprint density at radius 3 is 2.62 bits per heavy atom. The summed E-state index contributed by atoms with van der Waals surface area (Å²) in [5.74, 6) is 0.636. The lowest BCUT2D eigenvalue weighted by Gasteiger charge is -2.05. The molecular formula is C8H11ClN2OS. The van der Waals surface area contributed by atoms with Crippen molar-refractivity contribution in [3.8, 4) is 0 Å². The largest absolute Gasteiger partial charge is 0.396 e. The van der Waals surface area contributed by atoms with Crippen LogP contribution in [0.4, 0.5) is 0 Å². The molecule has 0 saturated heterocycles. The summed E-state index contributed by atoms with van der Waals surface area (Å²) < 4.78 is 0. The molecule has 13 heavy (non-hydrogen) atoms. The van der Waals surface area contributed by atoms with Crippen molar-refractivity contribution in [2.45, 2.75) is 18.9 Å². The van der Waals surface area contributed by atoms with Gasteiger partial charge in [0.05, 0.1) is 6.61 Å². The molecule has 1 aromatic rings. The maximum Gasteiger partial charge on any atom is 0.154 e. The van der Waals surface area contributed by atoms with Gasteiger partial charge >= 0.3 is 0 Å². The second-order valence-electron chi connectivity index (χ2n) is 2.62. The fourth-order valence-corrected chi connectivity index (χ4v) is 1.77. The molecular weight excluding hydrogens is 208 g/mol. The first-order valence-electron chi connectivity index (χ1n) is 3.90. The highest BCUT2D eigenvalue weighted by Crippen LogP contribution is 2.24. The van der Waals surface area contributed by atoms with Crippen molar-refractivity contribution in [3.63, 3.8) is 0 Å². The minimum Gasteiger partial charge on any atom is -0.396 e. The Hall–Kier alpha value is -0.320. The highest BCUT2D eigenvalue weighted by molar-refractivity contribution is 7.99. The second kappa shape index (κ2) is 4.79. The minimum absolute atomic E-state index is 0.146. The van der Waals surface area contributed by atoms with E-state index < -0.39 is 0 Å².